The quantitative estimate of drug-likeness (QED) is 0.241. The number of fused-ring (bicyclic) bond motifs is 3. The van der Waals surface area contributed by atoms with E-state index in [1.807, 2.05) is 17.7 Å². The van der Waals surface area contributed by atoms with Crippen LogP contribution in [0.15, 0.2) is 60.7 Å². The number of carbonyl (C=O) groups is 1. The summed E-state index contributed by atoms with van der Waals surface area (Å²) in [5.41, 5.74) is 5.30. The van der Waals surface area contributed by atoms with Crippen LogP contribution in [0, 0.1) is 13.8 Å². The summed E-state index contributed by atoms with van der Waals surface area (Å²) in [5.74, 6) is 1.26. The second kappa shape index (κ2) is 11.2. The molecular weight excluding hydrogens is 544 g/mol. The molecule has 2 aromatic heterocycles. The Kier molecular flexibility index (Phi) is 7.43. The molecule has 7 heteroatoms. The van der Waals surface area contributed by atoms with E-state index >= 15 is 0 Å². The molecule has 0 saturated carbocycles. The van der Waals surface area contributed by atoms with E-state index in [4.69, 9.17) is 4.98 Å². The smallest absolute Gasteiger partial charge is 0.272 e. The molecule has 3 atom stereocenters. The summed E-state index contributed by atoms with van der Waals surface area (Å²) in [6.07, 6.45) is 8.15. The molecule has 4 aromatic rings. The summed E-state index contributed by atoms with van der Waals surface area (Å²) >= 11 is 0. The third-order valence-electron chi connectivity index (χ3n) is 10.9. The highest BCUT2D eigenvalue weighted by Gasteiger charge is 2.44. The van der Waals surface area contributed by atoms with Crippen LogP contribution in [0.1, 0.15) is 99.3 Å². The predicted octanol–water partition coefficient (Wildman–Crippen LogP) is 7.04. The lowest BCUT2D eigenvalue weighted by Gasteiger charge is -2.45. The van der Waals surface area contributed by atoms with Crippen molar-refractivity contribution < 1.29 is 4.79 Å². The molecule has 5 heterocycles. The van der Waals surface area contributed by atoms with Crippen molar-refractivity contribution in [3.8, 4) is 0 Å². The molecule has 3 aliphatic heterocycles. The number of imidazole rings is 1. The lowest BCUT2D eigenvalue weighted by atomic mass is 9.70. The third kappa shape index (κ3) is 5.17. The normalized spacial score (nSPS) is 23.8. The van der Waals surface area contributed by atoms with Crippen LogP contribution in [-0.4, -0.2) is 66.8 Å². The van der Waals surface area contributed by atoms with Gasteiger partial charge in [0.1, 0.15) is 11.5 Å². The lowest BCUT2D eigenvalue weighted by molar-refractivity contribution is 0.0590. The van der Waals surface area contributed by atoms with E-state index in [-0.39, 0.29) is 16.9 Å². The Morgan fingerprint density at radius 1 is 0.909 bits per heavy atom. The fourth-order valence-corrected chi connectivity index (χ4v) is 8.73. The van der Waals surface area contributed by atoms with Gasteiger partial charge in [-0.2, -0.15) is 5.10 Å². The molecule has 7 rings (SSSR count). The van der Waals surface area contributed by atoms with Crippen molar-refractivity contribution in [1.29, 1.82) is 0 Å². The number of benzene rings is 2. The minimum absolute atomic E-state index is 0.0889. The summed E-state index contributed by atoms with van der Waals surface area (Å²) in [4.78, 5) is 23.6. The van der Waals surface area contributed by atoms with Crippen molar-refractivity contribution in [2.45, 2.75) is 109 Å². The van der Waals surface area contributed by atoms with E-state index in [1.165, 1.54) is 36.8 Å². The van der Waals surface area contributed by atoms with Crippen LogP contribution >= 0.6 is 0 Å². The van der Waals surface area contributed by atoms with Gasteiger partial charge >= 0.3 is 0 Å². The van der Waals surface area contributed by atoms with Crippen molar-refractivity contribution >= 4 is 16.9 Å². The highest BCUT2D eigenvalue weighted by molar-refractivity contribution is 5.93. The molecule has 1 amide bonds. The molecule has 2 aromatic carbocycles. The van der Waals surface area contributed by atoms with Crippen LogP contribution in [-0.2, 0) is 11.0 Å². The van der Waals surface area contributed by atoms with Crippen molar-refractivity contribution in [2.24, 2.45) is 0 Å². The van der Waals surface area contributed by atoms with Gasteiger partial charge in [0.15, 0.2) is 0 Å². The first kappa shape index (κ1) is 29.3. The zero-order valence-electron chi connectivity index (χ0n) is 27.2. The van der Waals surface area contributed by atoms with E-state index in [1.54, 1.807) is 0 Å². The van der Waals surface area contributed by atoms with Crippen molar-refractivity contribution in [3.63, 3.8) is 0 Å². The third-order valence-corrected chi connectivity index (χ3v) is 10.9. The topological polar surface area (TPSA) is 59.2 Å². The first-order valence-corrected chi connectivity index (χ1v) is 16.7. The Morgan fingerprint density at radius 2 is 1.57 bits per heavy atom. The SMILES string of the molecule is Cc1cc(C(=O)N2CCC(CCN3[C@@H]4CC[C@H]3CC(n3c(C)nc5ccccc53)C4)(c3ccccc3)CC2)n(C(C)(C)C)n1. The highest BCUT2D eigenvalue weighted by Crippen LogP contribution is 2.45. The number of nitrogens with zero attached hydrogens (tertiary/aromatic N) is 6. The number of amides is 1. The summed E-state index contributed by atoms with van der Waals surface area (Å²) < 4.78 is 4.44. The van der Waals surface area contributed by atoms with Gasteiger partial charge in [0, 0.05) is 31.2 Å². The maximum atomic E-state index is 13.8. The zero-order valence-corrected chi connectivity index (χ0v) is 27.2. The number of aryl methyl sites for hydroxylation is 2. The van der Waals surface area contributed by atoms with E-state index in [9.17, 15) is 4.79 Å². The summed E-state index contributed by atoms with van der Waals surface area (Å²) in [6.45, 7) is 13.2. The number of hydrogen-bond acceptors (Lipinski definition) is 4. The van der Waals surface area contributed by atoms with Gasteiger partial charge in [-0.25, -0.2) is 4.98 Å². The summed E-state index contributed by atoms with van der Waals surface area (Å²) in [5, 5.41) is 4.68. The van der Waals surface area contributed by atoms with Crippen molar-refractivity contribution in [3.05, 3.63) is 83.4 Å². The minimum atomic E-state index is -0.237. The van der Waals surface area contributed by atoms with Crippen LogP contribution in [0.2, 0.25) is 0 Å². The number of carbonyl (C=O) groups excluding carboxylic acids is 1. The van der Waals surface area contributed by atoms with Gasteiger partial charge in [0.05, 0.1) is 22.3 Å². The fraction of sp³-hybridized carbons (Fsp3) is 0.541. The maximum Gasteiger partial charge on any atom is 0.272 e. The van der Waals surface area contributed by atoms with E-state index in [0.29, 0.717) is 23.8 Å². The second-order valence-corrected chi connectivity index (χ2v) is 14.7. The summed E-state index contributed by atoms with van der Waals surface area (Å²) in [7, 11) is 0. The van der Waals surface area contributed by atoms with Crippen LogP contribution in [0.5, 0.6) is 0 Å². The highest BCUT2D eigenvalue weighted by atomic mass is 16.2. The Morgan fingerprint density at radius 3 is 2.25 bits per heavy atom. The van der Waals surface area contributed by atoms with Crippen LogP contribution in [0.25, 0.3) is 11.0 Å². The number of likely N-dealkylation sites (tertiary alicyclic amines) is 1. The van der Waals surface area contributed by atoms with Gasteiger partial charge < -0.3 is 9.47 Å². The number of rotatable bonds is 6. The lowest BCUT2D eigenvalue weighted by Crippen LogP contribution is -2.49. The fourth-order valence-electron chi connectivity index (χ4n) is 8.73. The van der Waals surface area contributed by atoms with Gasteiger partial charge in [0.25, 0.3) is 5.91 Å². The Labute approximate surface area is 262 Å². The molecule has 0 aliphatic carbocycles. The molecular formula is C37H48N6O. The van der Waals surface area contributed by atoms with Crippen molar-refractivity contribution in [2.75, 3.05) is 19.6 Å². The van der Waals surface area contributed by atoms with Crippen LogP contribution in [0.3, 0.4) is 0 Å². The Hall–Kier alpha value is -3.45. The molecule has 2 bridgehead atoms. The van der Waals surface area contributed by atoms with Gasteiger partial charge in [-0.15, -0.1) is 0 Å². The van der Waals surface area contributed by atoms with E-state index in [2.05, 4.69) is 102 Å². The Balaban J connectivity index is 1.07. The largest absolute Gasteiger partial charge is 0.337 e. The number of para-hydroxylation sites is 2. The molecule has 44 heavy (non-hydrogen) atoms. The molecule has 7 nitrogen and oxygen atoms in total. The van der Waals surface area contributed by atoms with E-state index < -0.39 is 0 Å². The van der Waals surface area contributed by atoms with Crippen molar-refractivity contribution in [1.82, 2.24) is 29.1 Å². The molecule has 3 fully saturated rings. The van der Waals surface area contributed by atoms with Gasteiger partial charge in [-0.3, -0.25) is 14.4 Å². The maximum absolute atomic E-state index is 13.8. The standard InChI is InChI=1S/C37H48N6O/c1-26-23-34(43(39-26)36(3,4)5)35(44)40-20-17-37(18-21-40,28-11-7-6-8-12-28)19-22-41-29-15-16-30(41)25-31(24-29)42-27(2)38-32-13-9-10-14-33(32)42/h6-14,23,29-31H,15-22,24-25H2,1-5H3/t29-,30+,31?. The molecule has 3 aliphatic rings. The molecule has 3 saturated heterocycles. The van der Waals surface area contributed by atoms with Gasteiger partial charge in [-0.1, -0.05) is 42.5 Å². The number of piperidine rings is 2. The monoisotopic (exact) mass is 592 g/mol. The summed E-state index contributed by atoms with van der Waals surface area (Å²) in [6, 6.07) is 23.5. The predicted molar refractivity (Wildman–Crippen MR) is 176 cm³/mol. The minimum Gasteiger partial charge on any atom is -0.337 e. The van der Waals surface area contributed by atoms with Gasteiger partial charge in [0.2, 0.25) is 0 Å². The molecule has 232 valence electrons. The molecule has 0 spiro atoms. The van der Waals surface area contributed by atoms with E-state index in [0.717, 1.165) is 55.9 Å². The van der Waals surface area contributed by atoms with Crippen LogP contribution < -0.4 is 0 Å². The second-order valence-electron chi connectivity index (χ2n) is 14.7. The number of hydrogen-bond donors (Lipinski definition) is 0. The molecule has 0 N–H and O–H groups in total. The molecule has 0 radical (unpaired) electrons. The average molecular weight is 593 g/mol. The molecule has 1 unspecified atom stereocenters. The Bertz CT molecular complexity index is 1620. The zero-order chi connectivity index (χ0) is 30.6. The van der Waals surface area contributed by atoms with Crippen LogP contribution in [0.4, 0.5) is 0 Å². The first-order valence-electron chi connectivity index (χ1n) is 16.7. The average Bonchev–Trinajstić information content (AvgIpc) is 3.65. The van der Waals surface area contributed by atoms with Gasteiger partial charge in [-0.05, 0) is 115 Å². The first-order chi connectivity index (χ1) is 21.1. The number of aromatic nitrogens is 4.